The second-order valence-corrected chi connectivity index (χ2v) is 7.94. The van der Waals surface area contributed by atoms with Crippen LogP contribution in [0.4, 0.5) is 0 Å². The van der Waals surface area contributed by atoms with Crippen LogP contribution >= 0.6 is 0 Å². The molecule has 1 N–H and O–H groups in total. The van der Waals surface area contributed by atoms with Gasteiger partial charge in [0.1, 0.15) is 0 Å². The van der Waals surface area contributed by atoms with Crippen molar-refractivity contribution in [3.05, 3.63) is 108 Å². The number of carbonyl (C=O) groups excluding carboxylic acids is 3. The molecule has 8 heteroatoms. The molecule has 1 fully saturated rings. The Labute approximate surface area is 202 Å². The van der Waals surface area contributed by atoms with Crippen molar-refractivity contribution in [3.63, 3.8) is 0 Å². The topological polar surface area (TPSA) is 108 Å². The highest BCUT2D eigenvalue weighted by Gasteiger charge is 2.50. The zero-order valence-corrected chi connectivity index (χ0v) is 18.9. The lowest BCUT2D eigenvalue weighted by Crippen LogP contribution is -2.60. The summed E-state index contributed by atoms with van der Waals surface area (Å²) in [4.78, 5) is 38.5. The van der Waals surface area contributed by atoms with Crippen LogP contribution in [0.5, 0.6) is 0 Å². The molecule has 0 spiro atoms. The monoisotopic (exact) mass is 476 g/mol. The normalized spacial score (nSPS) is 23.7. The lowest BCUT2D eigenvalue weighted by molar-refractivity contribution is -0.275. The number of rotatable bonds is 6. The van der Waals surface area contributed by atoms with E-state index >= 15 is 0 Å². The zero-order chi connectivity index (χ0) is 24.8. The molecule has 1 heterocycles. The summed E-state index contributed by atoms with van der Waals surface area (Å²) < 4.78 is 22.4. The van der Waals surface area contributed by atoms with Gasteiger partial charge in [-0.2, -0.15) is 0 Å². The van der Waals surface area contributed by atoms with E-state index < -0.39 is 48.6 Å². The molecular formula is C27H24O8. The molecule has 0 saturated carbocycles. The number of esters is 3. The maximum absolute atomic E-state index is 12.9. The van der Waals surface area contributed by atoms with Crippen molar-refractivity contribution in [1.29, 1.82) is 0 Å². The molecule has 0 aromatic heterocycles. The van der Waals surface area contributed by atoms with Gasteiger partial charge in [0.25, 0.3) is 0 Å². The van der Waals surface area contributed by atoms with Crippen molar-refractivity contribution < 1.29 is 38.4 Å². The molecular weight excluding hydrogens is 452 g/mol. The predicted octanol–water partition coefficient (Wildman–Crippen LogP) is 3.40. The number of hydrogen-bond acceptors (Lipinski definition) is 8. The summed E-state index contributed by atoms with van der Waals surface area (Å²) in [6.45, 7) is 1.56. The molecule has 0 radical (unpaired) electrons. The van der Waals surface area contributed by atoms with Crippen molar-refractivity contribution >= 4 is 17.9 Å². The average molecular weight is 476 g/mol. The first-order chi connectivity index (χ1) is 16.9. The summed E-state index contributed by atoms with van der Waals surface area (Å²) in [5.41, 5.74) is 0.739. The minimum Gasteiger partial charge on any atom is -0.452 e. The highest BCUT2D eigenvalue weighted by molar-refractivity contribution is 5.91. The van der Waals surface area contributed by atoms with Gasteiger partial charge in [0, 0.05) is 0 Å². The van der Waals surface area contributed by atoms with Gasteiger partial charge in [0.2, 0.25) is 0 Å². The summed E-state index contributed by atoms with van der Waals surface area (Å²) in [6, 6.07) is 24.6. The summed E-state index contributed by atoms with van der Waals surface area (Å²) in [6.07, 6.45) is -6.48. The third kappa shape index (κ3) is 5.74. The number of ether oxygens (including phenoxy) is 4. The van der Waals surface area contributed by atoms with Crippen LogP contribution in [0.15, 0.2) is 91.0 Å². The first kappa shape index (κ1) is 24.1. The minimum absolute atomic E-state index is 0.226. The average Bonchev–Trinajstić information content (AvgIpc) is 2.89. The van der Waals surface area contributed by atoms with Crippen molar-refractivity contribution in [2.24, 2.45) is 0 Å². The fraction of sp³-hybridized carbons (Fsp3) is 0.222. The molecule has 0 unspecified atom stereocenters. The Hall–Kier alpha value is -4.01. The zero-order valence-electron chi connectivity index (χ0n) is 18.9. The Balaban J connectivity index is 1.63. The van der Waals surface area contributed by atoms with Gasteiger partial charge < -0.3 is 24.1 Å². The van der Waals surface area contributed by atoms with Crippen LogP contribution in [0.3, 0.4) is 0 Å². The van der Waals surface area contributed by atoms with E-state index in [-0.39, 0.29) is 16.7 Å². The third-order valence-corrected chi connectivity index (χ3v) is 5.50. The molecule has 3 aromatic rings. The predicted molar refractivity (Wildman–Crippen MR) is 123 cm³/mol. The van der Waals surface area contributed by atoms with Crippen LogP contribution in [-0.2, 0) is 18.9 Å². The smallest absolute Gasteiger partial charge is 0.338 e. The van der Waals surface area contributed by atoms with Crippen molar-refractivity contribution in [2.75, 3.05) is 0 Å². The molecule has 4 rings (SSSR count). The molecule has 35 heavy (non-hydrogen) atoms. The molecule has 0 aliphatic carbocycles. The van der Waals surface area contributed by atoms with Gasteiger partial charge >= 0.3 is 17.9 Å². The van der Waals surface area contributed by atoms with Gasteiger partial charge in [-0.05, 0) is 43.3 Å². The number of carbonyl (C=O) groups is 3. The second kappa shape index (κ2) is 10.9. The maximum Gasteiger partial charge on any atom is 0.338 e. The Bertz CT molecular complexity index is 1080. The van der Waals surface area contributed by atoms with E-state index in [9.17, 15) is 19.5 Å². The minimum atomic E-state index is -1.63. The van der Waals surface area contributed by atoms with Crippen LogP contribution in [0.1, 0.15) is 38.0 Å². The summed E-state index contributed by atoms with van der Waals surface area (Å²) in [5, 5.41) is 10.6. The van der Waals surface area contributed by atoms with Gasteiger partial charge in [-0.25, -0.2) is 14.4 Å². The molecule has 180 valence electrons. The Morgan fingerprint density at radius 3 is 1.34 bits per heavy atom. The van der Waals surface area contributed by atoms with Crippen molar-refractivity contribution in [3.8, 4) is 0 Å². The number of hydrogen-bond donors (Lipinski definition) is 1. The van der Waals surface area contributed by atoms with E-state index in [1.807, 2.05) is 0 Å². The van der Waals surface area contributed by atoms with E-state index in [0.29, 0.717) is 0 Å². The Morgan fingerprint density at radius 1 is 0.600 bits per heavy atom. The molecule has 8 nitrogen and oxygen atoms in total. The lowest BCUT2D eigenvalue weighted by Gasteiger charge is -2.42. The largest absolute Gasteiger partial charge is 0.452 e. The highest BCUT2D eigenvalue weighted by Crippen LogP contribution is 2.29. The fourth-order valence-electron chi connectivity index (χ4n) is 3.71. The summed E-state index contributed by atoms with van der Waals surface area (Å²) in [5.74, 6) is -2.18. The van der Waals surface area contributed by atoms with E-state index in [2.05, 4.69) is 0 Å². The first-order valence-corrected chi connectivity index (χ1v) is 11.1. The van der Waals surface area contributed by atoms with Crippen LogP contribution in [0, 0.1) is 0 Å². The molecule has 1 saturated heterocycles. The van der Waals surface area contributed by atoms with Crippen LogP contribution in [-0.4, -0.2) is 53.7 Å². The van der Waals surface area contributed by atoms with Gasteiger partial charge in [-0.15, -0.1) is 0 Å². The van der Waals surface area contributed by atoms with Crippen molar-refractivity contribution in [2.45, 2.75) is 37.6 Å². The van der Waals surface area contributed by atoms with Gasteiger partial charge in [-0.1, -0.05) is 54.6 Å². The SMILES string of the molecule is C[C@@H]1O[C@H](O)[C@@H](OC(=O)c2ccccc2)[C@H](OC(=O)c2ccccc2)[C@H]1OC(=O)c1ccccc1. The molecule has 5 atom stereocenters. The van der Waals surface area contributed by atoms with Crippen LogP contribution in [0.2, 0.25) is 0 Å². The standard InChI is InChI=1S/C27H24O8/c1-17-21(33-24(28)18-11-5-2-6-12-18)22(34-25(29)19-13-7-3-8-14-19)23(27(31)32-17)35-26(30)20-15-9-4-10-16-20/h2-17,21-23,27,31H,1H3/t17-,21-,22+,23-,27-/m0/s1. The molecule has 1 aliphatic heterocycles. The Morgan fingerprint density at radius 2 is 0.943 bits per heavy atom. The maximum atomic E-state index is 12.9. The summed E-state index contributed by atoms with van der Waals surface area (Å²) in [7, 11) is 0. The molecule has 1 aliphatic rings. The third-order valence-electron chi connectivity index (χ3n) is 5.50. The summed E-state index contributed by atoms with van der Waals surface area (Å²) >= 11 is 0. The van der Waals surface area contributed by atoms with E-state index in [0.717, 1.165) is 0 Å². The molecule has 0 amide bonds. The van der Waals surface area contributed by atoms with Gasteiger partial charge in [0.05, 0.1) is 22.8 Å². The fourth-order valence-corrected chi connectivity index (χ4v) is 3.71. The van der Waals surface area contributed by atoms with E-state index in [1.54, 1.807) is 97.9 Å². The highest BCUT2D eigenvalue weighted by atomic mass is 16.7. The van der Waals surface area contributed by atoms with E-state index in [4.69, 9.17) is 18.9 Å². The Kier molecular flexibility index (Phi) is 7.54. The van der Waals surface area contributed by atoms with Crippen LogP contribution in [0.25, 0.3) is 0 Å². The lowest BCUT2D eigenvalue weighted by atomic mass is 9.98. The quantitative estimate of drug-likeness (QED) is 0.426. The number of aliphatic hydroxyl groups is 1. The van der Waals surface area contributed by atoms with Gasteiger partial charge in [-0.3, -0.25) is 0 Å². The number of benzene rings is 3. The number of aliphatic hydroxyl groups excluding tert-OH is 1. The van der Waals surface area contributed by atoms with E-state index in [1.165, 1.54) is 0 Å². The molecule has 0 bridgehead atoms. The van der Waals surface area contributed by atoms with Crippen LogP contribution < -0.4 is 0 Å². The second-order valence-electron chi connectivity index (χ2n) is 7.94. The van der Waals surface area contributed by atoms with Crippen molar-refractivity contribution in [1.82, 2.24) is 0 Å². The first-order valence-electron chi connectivity index (χ1n) is 11.1. The van der Waals surface area contributed by atoms with Gasteiger partial charge in [0.15, 0.2) is 24.6 Å². The molecule has 3 aromatic carbocycles.